The van der Waals surface area contributed by atoms with Gasteiger partial charge in [-0.05, 0) is 67.7 Å². The SMILES string of the molecule is CCC(C)C(/C=C\CC(C)N)=NC(=NCc1ccccc1C(F)(F)F)NC(=O)c1ccc(C(F)(F)F)cc1. The monoisotopic (exact) mass is 540 g/mol. The zero-order valence-corrected chi connectivity index (χ0v) is 21.2. The number of guanidine groups is 1. The van der Waals surface area contributed by atoms with Crippen LogP contribution in [0, 0.1) is 5.92 Å². The van der Waals surface area contributed by atoms with Crippen molar-refractivity contribution in [2.24, 2.45) is 21.6 Å². The molecule has 206 valence electrons. The highest BCUT2D eigenvalue weighted by atomic mass is 19.4. The number of carbonyl (C=O) groups is 1. The number of aliphatic imine (C=N–C) groups is 2. The van der Waals surface area contributed by atoms with E-state index in [9.17, 15) is 31.1 Å². The molecule has 11 heteroatoms. The summed E-state index contributed by atoms with van der Waals surface area (Å²) in [7, 11) is 0. The minimum absolute atomic E-state index is 0.102. The van der Waals surface area contributed by atoms with Crippen LogP contribution in [0.25, 0.3) is 0 Å². The highest BCUT2D eigenvalue weighted by molar-refractivity contribution is 6.11. The number of alkyl halides is 6. The molecule has 0 aromatic heterocycles. The van der Waals surface area contributed by atoms with E-state index in [1.54, 1.807) is 12.2 Å². The Hall–Kier alpha value is -3.47. The first kappa shape index (κ1) is 30.8. The lowest BCUT2D eigenvalue weighted by Crippen LogP contribution is -2.31. The molecule has 2 unspecified atom stereocenters. The summed E-state index contributed by atoms with van der Waals surface area (Å²) in [6.45, 7) is 5.17. The fourth-order valence-corrected chi connectivity index (χ4v) is 3.23. The lowest BCUT2D eigenvalue weighted by atomic mass is 10.0. The first-order valence-electron chi connectivity index (χ1n) is 11.9. The molecule has 0 aliphatic heterocycles. The van der Waals surface area contributed by atoms with Gasteiger partial charge in [0.25, 0.3) is 5.91 Å². The van der Waals surface area contributed by atoms with Gasteiger partial charge < -0.3 is 5.73 Å². The van der Waals surface area contributed by atoms with Crippen molar-refractivity contribution in [1.82, 2.24) is 5.32 Å². The number of halogens is 6. The van der Waals surface area contributed by atoms with Crippen LogP contribution >= 0.6 is 0 Å². The molecule has 5 nitrogen and oxygen atoms in total. The quantitative estimate of drug-likeness (QED) is 0.220. The average Bonchev–Trinajstić information content (AvgIpc) is 2.85. The highest BCUT2D eigenvalue weighted by Gasteiger charge is 2.33. The van der Waals surface area contributed by atoms with E-state index in [4.69, 9.17) is 5.73 Å². The fourth-order valence-electron chi connectivity index (χ4n) is 3.23. The molecule has 0 heterocycles. The molecule has 38 heavy (non-hydrogen) atoms. The predicted octanol–water partition coefficient (Wildman–Crippen LogP) is 6.79. The summed E-state index contributed by atoms with van der Waals surface area (Å²) in [6.07, 6.45) is -4.47. The number of carbonyl (C=O) groups excluding carboxylic acids is 1. The van der Waals surface area contributed by atoms with E-state index in [1.807, 2.05) is 20.8 Å². The van der Waals surface area contributed by atoms with Crippen molar-refractivity contribution < 1.29 is 31.1 Å². The van der Waals surface area contributed by atoms with Gasteiger partial charge >= 0.3 is 12.4 Å². The summed E-state index contributed by atoms with van der Waals surface area (Å²) < 4.78 is 79.0. The van der Waals surface area contributed by atoms with Crippen molar-refractivity contribution in [2.45, 2.75) is 58.6 Å². The maximum Gasteiger partial charge on any atom is 0.416 e. The molecule has 0 radical (unpaired) electrons. The Morgan fingerprint density at radius 2 is 1.63 bits per heavy atom. The van der Waals surface area contributed by atoms with Gasteiger partial charge in [-0.25, -0.2) is 9.98 Å². The Morgan fingerprint density at radius 3 is 2.18 bits per heavy atom. The number of hydrogen-bond acceptors (Lipinski definition) is 3. The van der Waals surface area contributed by atoms with E-state index in [1.165, 1.54) is 18.2 Å². The lowest BCUT2D eigenvalue weighted by molar-refractivity contribution is -0.138. The van der Waals surface area contributed by atoms with Crippen molar-refractivity contribution in [1.29, 1.82) is 0 Å². The van der Waals surface area contributed by atoms with Crippen LogP contribution in [0.2, 0.25) is 0 Å². The first-order chi connectivity index (χ1) is 17.7. The first-order valence-corrected chi connectivity index (χ1v) is 11.9. The second kappa shape index (κ2) is 13.4. The second-order valence-corrected chi connectivity index (χ2v) is 8.79. The standard InChI is InChI=1S/C27H30F6N4O/c1-4-17(2)23(11-7-8-18(3)34)36-25(35-16-20-9-5-6-10-22(20)27(31,32)33)37-24(38)19-12-14-21(15-13-19)26(28,29)30/h5-7,9-15,17-18H,4,8,16,34H2,1-3H3,(H,35,37,38)/b11-7-,36-23?. The van der Waals surface area contributed by atoms with E-state index in [0.29, 0.717) is 18.6 Å². The summed E-state index contributed by atoms with van der Waals surface area (Å²) >= 11 is 0. The molecule has 3 N–H and O–H groups in total. The number of nitrogens with one attached hydrogen (secondary N) is 1. The molecule has 0 aliphatic carbocycles. The average molecular weight is 541 g/mol. The summed E-state index contributed by atoms with van der Waals surface area (Å²) in [5, 5.41) is 2.43. The van der Waals surface area contributed by atoms with Gasteiger partial charge in [-0.15, -0.1) is 0 Å². The van der Waals surface area contributed by atoms with Gasteiger partial charge in [0.05, 0.1) is 17.7 Å². The topological polar surface area (TPSA) is 79.8 Å². The number of hydrogen-bond donors (Lipinski definition) is 2. The van der Waals surface area contributed by atoms with E-state index >= 15 is 0 Å². The molecule has 0 fully saturated rings. The van der Waals surface area contributed by atoms with Crippen molar-refractivity contribution >= 4 is 17.6 Å². The number of benzene rings is 2. The van der Waals surface area contributed by atoms with Gasteiger partial charge in [0.15, 0.2) is 0 Å². The Bertz CT molecular complexity index is 1170. The molecular weight excluding hydrogens is 510 g/mol. The van der Waals surface area contributed by atoms with Gasteiger partial charge in [0.1, 0.15) is 0 Å². The minimum atomic E-state index is -4.61. The van der Waals surface area contributed by atoms with Crippen molar-refractivity contribution in [3.05, 3.63) is 82.9 Å². The van der Waals surface area contributed by atoms with Gasteiger partial charge in [-0.1, -0.05) is 38.1 Å². The third kappa shape index (κ3) is 9.44. The van der Waals surface area contributed by atoms with Crippen LogP contribution in [0.1, 0.15) is 60.7 Å². The summed E-state index contributed by atoms with van der Waals surface area (Å²) in [5.74, 6) is -1.18. The molecular formula is C27H30F6N4O. The Kier molecular flexibility index (Phi) is 10.8. The third-order valence-corrected chi connectivity index (χ3v) is 5.57. The zero-order valence-electron chi connectivity index (χ0n) is 21.2. The number of nitrogens with two attached hydrogens (primary N) is 1. The smallest absolute Gasteiger partial charge is 0.328 e. The highest BCUT2D eigenvalue weighted by Crippen LogP contribution is 2.32. The molecule has 0 spiro atoms. The van der Waals surface area contributed by atoms with Gasteiger partial charge in [-0.2, -0.15) is 26.3 Å². The summed E-state index contributed by atoms with van der Waals surface area (Å²) in [6, 6.07) is 8.28. The van der Waals surface area contributed by atoms with Crippen molar-refractivity contribution in [2.75, 3.05) is 0 Å². The zero-order chi connectivity index (χ0) is 28.5. The molecule has 0 saturated heterocycles. The second-order valence-electron chi connectivity index (χ2n) is 8.79. The van der Waals surface area contributed by atoms with Gasteiger partial charge in [0.2, 0.25) is 5.96 Å². The third-order valence-electron chi connectivity index (χ3n) is 5.57. The van der Waals surface area contributed by atoms with Crippen LogP contribution in [0.15, 0.2) is 70.7 Å². The molecule has 0 saturated carbocycles. The van der Waals surface area contributed by atoms with Crippen LogP contribution in [0.5, 0.6) is 0 Å². The van der Waals surface area contributed by atoms with Crippen LogP contribution in [0.4, 0.5) is 26.3 Å². The summed E-state index contributed by atoms with van der Waals surface area (Å²) in [4.78, 5) is 21.4. The van der Waals surface area contributed by atoms with E-state index in [-0.39, 0.29) is 29.0 Å². The predicted molar refractivity (Wildman–Crippen MR) is 136 cm³/mol. The van der Waals surface area contributed by atoms with Crippen molar-refractivity contribution in [3.8, 4) is 0 Å². The summed E-state index contributed by atoms with van der Waals surface area (Å²) in [5.41, 5.74) is 4.25. The number of rotatable bonds is 8. The van der Waals surface area contributed by atoms with Crippen LogP contribution < -0.4 is 11.1 Å². The maximum atomic E-state index is 13.4. The minimum Gasteiger partial charge on any atom is -0.328 e. The van der Waals surface area contributed by atoms with E-state index in [2.05, 4.69) is 15.3 Å². The van der Waals surface area contributed by atoms with Crippen LogP contribution in [-0.2, 0) is 18.9 Å². The Labute approximate surface area is 217 Å². The molecule has 2 rings (SSSR count). The maximum absolute atomic E-state index is 13.4. The molecule has 0 aliphatic rings. The molecule has 2 aromatic carbocycles. The Balaban J connectivity index is 2.47. The molecule has 2 aromatic rings. The lowest BCUT2D eigenvalue weighted by Gasteiger charge is -2.13. The van der Waals surface area contributed by atoms with Gasteiger partial charge in [0, 0.05) is 17.3 Å². The number of nitrogens with zero attached hydrogens (tertiary/aromatic N) is 2. The van der Waals surface area contributed by atoms with E-state index < -0.39 is 35.9 Å². The molecule has 2 atom stereocenters. The normalized spacial score (nSPS) is 15.0. The van der Waals surface area contributed by atoms with Crippen molar-refractivity contribution in [3.63, 3.8) is 0 Å². The molecule has 0 bridgehead atoms. The number of amides is 1. The van der Waals surface area contributed by atoms with E-state index in [0.717, 1.165) is 30.3 Å². The fraction of sp³-hybridized carbons (Fsp3) is 0.370. The Morgan fingerprint density at radius 1 is 1.00 bits per heavy atom. The molecule has 1 amide bonds. The largest absolute Gasteiger partial charge is 0.416 e. The van der Waals surface area contributed by atoms with Gasteiger partial charge in [-0.3, -0.25) is 10.1 Å². The number of allylic oxidation sites excluding steroid dienone is 1. The van der Waals surface area contributed by atoms with Crippen LogP contribution in [-0.4, -0.2) is 23.6 Å². The van der Waals surface area contributed by atoms with Crippen LogP contribution in [0.3, 0.4) is 0 Å².